The van der Waals surface area contributed by atoms with Gasteiger partial charge in [0.05, 0.1) is 6.54 Å². The number of nitrogens with one attached hydrogen (secondary N) is 2. The van der Waals surface area contributed by atoms with Crippen LogP contribution in [0.15, 0.2) is 0 Å². The van der Waals surface area contributed by atoms with Crippen LogP contribution in [0.5, 0.6) is 0 Å². The van der Waals surface area contributed by atoms with Crippen LogP contribution in [-0.2, 0) is 4.79 Å². The Morgan fingerprint density at radius 3 is 2.16 bits per heavy atom. The second-order valence-corrected chi connectivity index (χ2v) is 7.34. The van der Waals surface area contributed by atoms with E-state index in [1.807, 2.05) is 6.92 Å². The maximum atomic E-state index is 11.6. The Kier molecular flexibility index (Phi) is 3.59. The van der Waals surface area contributed by atoms with Crippen LogP contribution in [0.2, 0.25) is 0 Å². The molecule has 0 aromatic rings. The lowest BCUT2D eigenvalue weighted by Crippen LogP contribution is -2.55. The topological polar surface area (TPSA) is 41.1 Å². The average Bonchev–Trinajstić information content (AvgIpc) is 2.34. The van der Waals surface area contributed by atoms with Gasteiger partial charge in [0, 0.05) is 12.6 Å². The molecule has 0 saturated heterocycles. The molecule has 1 amide bonds. The van der Waals surface area contributed by atoms with Crippen molar-refractivity contribution in [1.29, 1.82) is 0 Å². The van der Waals surface area contributed by atoms with Crippen molar-refractivity contribution >= 4 is 5.91 Å². The van der Waals surface area contributed by atoms with E-state index >= 15 is 0 Å². The van der Waals surface area contributed by atoms with E-state index in [4.69, 9.17) is 0 Å². The van der Waals surface area contributed by atoms with Gasteiger partial charge in [-0.3, -0.25) is 4.79 Å². The van der Waals surface area contributed by atoms with Gasteiger partial charge in [0.2, 0.25) is 5.91 Å². The van der Waals surface area contributed by atoms with Crippen molar-refractivity contribution in [2.45, 2.75) is 58.4 Å². The summed E-state index contributed by atoms with van der Waals surface area (Å²) in [6, 6.07) is 0.489. The highest BCUT2D eigenvalue weighted by molar-refractivity contribution is 5.77. The molecule has 4 fully saturated rings. The van der Waals surface area contributed by atoms with Crippen LogP contribution in [-0.4, -0.2) is 25.0 Å². The zero-order chi connectivity index (χ0) is 13.5. The molecule has 0 aliphatic heterocycles. The molecule has 0 radical (unpaired) electrons. The molecule has 1 atom stereocenters. The lowest BCUT2D eigenvalue weighted by molar-refractivity contribution is -0.121. The van der Waals surface area contributed by atoms with Crippen molar-refractivity contribution in [3.05, 3.63) is 0 Å². The number of carbonyl (C=O) groups is 1. The average molecular weight is 264 g/mol. The zero-order valence-corrected chi connectivity index (χ0v) is 12.4. The van der Waals surface area contributed by atoms with Gasteiger partial charge in [-0.25, -0.2) is 0 Å². The monoisotopic (exact) mass is 264 g/mol. The van der Waals surface area contributed by atoms with Crippen LogP contribution in [0.4, 0.5) is 0 Å². The molecule has 0 spiro atoms. The van der Waals surface area contributed by atoms with Gasteiger partial charge in [-0.2, -0.15) is 0 Å². The first-order valence-electron chi connectivity index (χ1n) is 8.11. The Balaban J connectivity index is 1.60. The van der Waals surface area contributed by atoms with E-state index in [2.05, 4.69) is 17.6 Å². The molecule has 108 valence electrons. The normalized spacial score (nSPS) is 41.3. The van der Waals surface area contributed by atoms with Gasteiger partial charge in [0.25, 0.3) is 0 Å². The molecule has 0 heterocycles. The quantitative estimate of drug-likeness (QED) is 0.800. The van der Waals surface area contributed by atoms with Gasteiger partial charge in [-0.15, -0.1) is 0 Å². The SMILES string of the molecule is CCNC(=O)CNC(C)C12CC3CC(CC(C3)C1)C2. The van der Waals surface area contributed by atoms with Crippen molar-refractivity contribution in [3.8, 4) is 0 Å². The minimum atomic E-state index is 0.138. The summed E-state index contributed by atoms with van der Waals surface area (Å²) in [5.74, 6) is 3.10. The van der Waals surface area contributed by atoms with E-state index in [1.54, 1.807) is 0 Å². The van der Waals surface area contributed by atoms with E-state index in [0.717, 1.165) is 24.3 Å². The van der Waals surface area contributed by atoms with Crippen molar-refractivity contribution in [3.63, 3.8) is 0 Å². The van der Waals surface area contributed by atoms with E-state index in [1.165, 1.54) is 38.5 Å². The van der Waals surface area contributed by atoms with Crippen LogP contribution in [0, 0.1) is 23.2 Å². The number of rotatable bonds is 5. The summed E-state index contributed by atoms with van der Waals surface area (Å²) in [6.07, 6.45) is 8.68. The van der Waals surface area contributed by atoms with Crippen molar-refractivity contribution in [2.24, 2.45) is 23.2 Å². The summed E-state index contributed by atoms with van der Waals surface area (Å²) in [7, 11) is 0. The molecule has 4 aliphatic rings. The van der Waals surface area contributed by atoms with Crippen molar-refractivity contribution in [2.75, 3.05) is 13.1 Å². The van der Waals surface area contributed by atoms with Crippen LogP contribution in [0.3, 0.4) is 0 Å². The highest BCUT2D eigenvalue weighted by Gasteiger charge is 2.52. The molecule has 1 unspecified atom stereocenters. The van der Waals surface area contributed by atoms with Crippen LogP contribution < -0.4 is 10.6 Å². The molecular formula is C16H28N2O. The summed E-state index contributed by atoms with van der Waals surface area (Å²) < 4.78 is 0. The molecular weight excluding hydrogens is 236 g/mol. The Bertz CT molecular complexity index is 317. The van der Waals surface area contributed by atoms with Gasteiger partial charge in [0.15, 0.2) is 0 Å². The fourth-order valence-electron chi connectivity index (χ4n) is 5.43. The van der Waals surface area contributed by atoms with Crippen molar-refractivity contribution < 1.29 is 4.79 Å². The van der Waals surface area contributed by atoms with Gasteiger partial charge in [-0.1, -0.05) is 0 Å². The lowest BCUT2D eigenvalue weighted by Gasteiger charge is -2.59. The first kappa shape index (κ1) is 13.4. The standard InChI is InChI=1S/C16H28N2O/c1-3-17-15(19)10-18-11(2)16-7-12-4-13(8-16)6-14(5-12)9-16/h11-14,18H,3-10H2,1-2H3,(H,17,19). The van der Waals surface area contributed by atoms with Gasteiger partial charge in [-0.05, 0) is 75.5 Å². The van der Waals surface area contributed by atoms with Crippen LogP contribution in [0.1, 0.15) is 52.4 Å². The molecule has 3 nitrogen and oxygen atoms in total. The molecule has 19 heavy (non-hydrogen) atoms. The third kappa shape index (κ3) is 2.54. The highest BCUT2D eigenvalue weighted by atomic mass is 16.1. The van der Waals surface area contributed by atoms with E-state index in [-0.39, 0.29) is 5.91 Å². The lowest BCUT2D eigenvalue weighted by atomic mass is 9.48. The maximum Gasteiger partial charge on any atom is 0.233 e. The molecule has 0 aromatic carbocycles. The van der Waals surface area contributed by atoms with E-state index in [9.17, 15) is 4.79 Å². The molecule has 4 saturated carbocycles. The number of carbonyl (C=O) groups excluding carboxylic acids is 1. The Labute approximate surface area is 116 Å². The smallest absolute Gasteiger partial charge is 0.233 e. The minimum Gasteiger partial charge on any atom is -0.355 e. The number of hydrogen-bond donors (Lipinski definition) is 2. The maximum absolute atomic E-state index is 11.6. The largest absolute Gasteiger partial charge is 0.355 e. The second-order valence-electron chi connectivity index (χ2n) is 7.34. The predicted molar refractivity (Wildman–Crippen MR) is 76.8 cm³/mol. The molecule has 4 aliphatic carbocycles. The number of hydrogen-bond acceptors (Lipinski definition) is 2. The van der Waals surface area contributed by atoms with Gasteiger partial charge in [0.1, 0.15) is 0 Å². The summed E-state index contributed by atoms with van der Waals surface area (Å²) in [4.78, 5) is 11.6. The molecule has 2 N–H and O–H groups in total. The molecule has 0 aromatic heterocycles. The second kappa shape index (κ2) is 5.08. The van der Waals surface area contributed by atoms with Gasteiger partial charge >= 0.3 is 0 Å². The van der Waals surface area contributed by atoms with Gasteiger partial charge < -0.3 is 10.6 Å². The highest BCUT2D eigenvalue weighted by Crippen LogP contribution is 2.61. The number of amides is 1. The molecule has 4 rings (SSSR count). The first-order chi connectivity index (χ1) is 9.11. The fraction of sp³-hybridized carbons (Fsp3) is 0.938. The Hall–Kier alpha value is -0.570. The summed E-state index contributed by atoms with van der Waals surface area (Å²) >= 11 is 0. The summed E-state index contributed by atoms with van der Waals surface area (Å²) in [5.41, 5.74) is 0.501. The number of likely N-dealkylation sites (N-methyl/N-ethyl adjacent to an activating group) is 1. The summed E-state index contributed by atoms with van der Waals surface area (Å²) in [5, 5.41) is 6.39. The summed E-state index contributed by atoms with van der Waals surface area (Å²) in [6.45, 7) is 5.50. The third-order valence-corrected chi connectivity index (χ3v) is 5.95. The molecule has 4 bridgehead atoms. The van der Waals surface area contributed by atoms with Crippen LogP contribution in [0.25, 0.3) is 0 Å². The Morgan fingerprint density at radius 1 is 1.16 bits per heavy atom. The first-order valence-corrected chi connectivity index (χ1v) is 8.11. The van der Waals surface area contributed by atoms with Crippen LogP contribution >= 0.6 is 0 Å². The van der Waals surface area contributed by atoms with E-state index in [0.29, 0.717) is 18.0 Å². The van der Waals surface area contributed by atoms with Crippen molar-refractivity contribution in [1.82, 2.24) is 10.6 Å². The third-order valence-electron chi connectivity index (χ3n) is 5.95. The minimum absolute atomic E-state index is 0.138. The zero-order valence-electron chi connectivity index (χ0n) is 12.4. The fourth-order valence-corrected chi connectivity index (χ4v) is 5.43. The Morgan fingerprint density at radius 2 is 1.68 bits per heavy atom. The van der Waals surface area contributed by atoms with E-state index < -0.39 is 0 Å². The molecule has 3 heteroatoms. The predicted octanol–water partition coefficient (Wildman–Crippen LogP) is 2.32.